The minimum atomic E-state index is -0.284. The van der Waals surface area contributed by atoms with Gasteiger partial charge in [0, 0.05) is 22.9 Å². The average molecular weight is 484 g/mol. The third kappa shape index (κ3) is 5.34. The molecule has 0 spiro atoms. The third-order valence-electron chi connectivity index (χ3n) is 5.57. The standard InChI is InChI=1S/C29H22FNO3S/c30-23-9-4-8-21(16-23)19-33-24-13-11-22(12-14-24)26(17-20-6-2-1-3-7-20)29-28(31-32)27(34-29)18-25-10-5-15-35-25/h1-16,18,32H,17,19H2/b27-18-,29-26-,31-28+. The van der Waals surface area contributed by atoms with E-state index in [0.29, 0.717) is 29.4 Å². The van der Waals surface area contributed by atoms with Crippen LogP contribution in [0.15, 0.2) is 113 Å². The van der Waals surface area contributed by atoms with Gasteiger partial charge in [-0.3, -0.25) is 0 Å². The van der Waals surface area contributed by atoms with Crippen LogP contribution in [0.4, 0.5) is 4.39 Å². The second-order valence-corrected chi connectivity index (χ2v) is 8.97. The zero-order valence-electron chi connectivity index (χ0n) is 18.7. The zero-order valence-corrected chi connectivity index (χ0v) is 19.5. The number of nitrogens with zero attached hydrogens (tertiary/aromatic N) is 1. The second-order valence-electron chi connectivity index (χ2n) is 7.99. The van der Waals surface area contributed by atoms with Gasteiger partial charge >= 0.3 is 0 Å². The Kier molecular flexibility index (Phi) is 6.73. The Morgan fingerprint density at radius 2 is 1.74 bits per heavy atom. The first-order valence-electron chi connectivity index (χ1n) is 11.1. The van der Waals surface area contributed by atoms with E-state index in [1.165, 1.54) is 12.1 Å². The lowest BCUT2D eigenvalue weighted by Gasteiger charge is -2.27. The fourth-order valence-electron chi connectivity index (χ4n) is 3.83. The molecule has 0 saturated carbocycles. The number of hydrogen-bond donors (Lipinski definition) is 1. The molecule has 0 unspecified atom stereocenters. The molecule has 1 saturated heterocycles. The number of thiophene rings is 1. The number of halogens is 1. The third-order valence-corrected chi connectivity index (χ3v) is 6.39. The summed E-state index contributed by atoms with van der Waals surface area (Å²) in [6.07, 6.45) is 2.47. The van der Waals surface area contributed by atoms with E-state index < -0.39 is 0 Å². The Labute approximate surface area is 206 Å². The summed E-state index contributed by atoms with van der Waals surface area (Å²) in [5, 5.41) is 15.3. The largest absolute Gasteiger partial charge is 0.489 e. The van der Waals surface area contributed by atoms with Crippen molar-refractivity contribution in [3.05, 3.63) is 135 Å². The van der Waals surface area contributed by atoms with Crippen LogP contribution in [0.2, 0.25) is 0 Å². The van der Waals surface area contributed by atoms with Crippen LogP contribution in [0.3, 0.4) is 0 Å². The van der Waals surface area contributed by atoms with Crippen LogP contribution in [0.25, 0.3) is 11.6 Å². The average Bonchev–Trinajstić information content (AvgIpc) is 3.39. The van der Waals surface area contributed by atoms with Crippen molar-refractivity contribution in [3.63, 3.8) is 0 Å². The molecule has 0 aliphatic carbocycles. The molecular formula is C29H22FNO3S. The lowest BCUT2D eigenvalue weighted by atomic mass is 9.93. The van der Waals surface area contributed by atoms with Gasteiger partial charge in [0.05, 0.1) is 0 Å². The molecule has 1 aromatic heterocycles. The van der Waals surface area contributed by atoms with Gasteiger partial charge in [0.2, 0.25) is 0 Å². The normalized spacial score (nSPS) is 16.6. The molecule has 3 aromatic carbocycles. The van der Waals surface area contributed by atoms with Crippen LogP contribution in [-0.2, 0) is 17.8 Å². The molecule has 0 bridgehead atoms. The maximum atomic E-state index is 13.4. The number of allylic oxidation sites excluding steroid dienone is 1. The van der Waals surface area contributed by atoms with Crippen LogP contribution in [0, 0.1) is 5.82 Å². The van der Waals surface area contributed by atoms with Gasteiger partial charge in [-0.15, -0.1) is 11.3 Å². The summed E-state index contributed by atoms with van der Waals surface area (Å²) < 4.78 is 25.3. The molecule has 174 valence electrons. The highest BCUT2D eigenvalue weighted by Crippen LogP contribution is 2.37. The number of rotatable bonds is 7. The molecule has 4 nitrogen and oxygen atoms in total. The molecule has 1 aliphatic heterocycles. The molecule has 1 fully saturated rings. The van der Waals surface area contributed by atoms with Crippen molar-refractivity contribution < 1.29 is 19.1 Å². The highest BCUT2D eigenvalue weighted by molar-refractivity contribution is 7.10. The maximum absolute atomic E-state index is 13.4. The van der Waals surface area contributed by atoms with E-state index in [1.807, 2.05) is 84.3 Å². The quantitative estimate of drug-likeness (QED) is 0.221. The summed E-state index contributed by atoms with van der Waals surface area (Å²) in [7, 11) is 0. The highest BCUT2D eigenvalue weighted by Gasteiger charge is 2.33. The van der Waals surface area contributed by atoms with Gasteiger partial charge in [0.25, 0.3) is 0 Å². The lowest BCUT2D eigenvalue weighted by molar-refractivity contribution is 0.276. The van der Waals surface area contributed by atoms with Gasteiger partial charge in [-0.25, -0.2) is 4.39 Å². The van der Waals surface area contributed by atoms with Crippen LogP contribution in [0.5, 0.6) is 5.75 Å². The second kappa shape index (κ2) is 10.4. The summed E-state index contributed by atoms with van der Waals surface area (Å²) in [6.45, 7) is 0.274. The first-order valence-corrected chi connectivity index (χ1v) is 12.0. The van der Waals surface area contributed by atoms with E-state index >= 15 is 0 Å². The Morgan fingerprint density at radius 1 is 0.943 bits per heavy atom. The molecule has 1 aliphatic rings. The van der Waals surface area contributed by atoms with Crippen LogP contribution < -0.4 is 4.74 Å². The molecule has 35 heavy (non-hydrogen) atoms. The molecule has 2 heterocycles. The van der Waals surface area contributed by atoms with Crippen molar-refractivity contribution >= 4 is 28.7 Å². The van der Waals surface area contributed by atoms with Crippen LogP contribution in [0.1, 0.15) is 21.6 Å². The topological polar surface area (TPSA) is 51.1 Å². The zero-order chi connectivity index (χ0) is 24.0. The lowest BCUT2D eigenvalue weighted by Crippen LogP contribution is -2.25. The summed E-state index contributed by atoms with van der Waals surface area (Å²) >= 11 is 1.58. The summed E-state index contributed by atoms with van der Waals surface area (Å²) in [6, 6.07) is 28.0. The molecule has 0 radical (unpaired) electrons. The Hall–Kier alpha value is -4.16. The summed E-state index contributed by atoms with van der Waals surface area (Å²) in [5.74, 6) is 1.47. The maximum Gasteiger partial charge on any atom is 0.188 e. The summed E-state index contributed by atoms with van der Waals surface area (Å²) in [5.41, 5.74) is 4.13. The number of oxime groups is 1. The van der Waals surface area contributed by atoms with Gasteiger partial charge in [-0.2, -0.15) is 0 Å². The van der Waals surface area contributed by atoms with Crippen molar-refractivity contribution in [2.45, 2.75) is 13.0 Å². The monoisotopic (exact) mass is 483 g/mol. The van der Waals surface area contributed by atoms with Crippen LogP contribution >= 0.6 is 11.3 Å². The van der Waals surface area contributed by atoms with Crippen molar-refractivity contribution in [2.75, 3.05) is 0 Å². The fourth-order valence-corrected chi connectivity index (χ4v) is 4.48. The van der Waals surface area contributed by atoms with Gasteiger partial charge in [0.1, 0.15) is 18.2 Å². The van der Waals surface area contributed by atoms with Gasteiger partial charge in [-0.1, -0.05) is 65.8 Å². The van der Waals surface area contributed by atoms with Gasteiger partial charge in [-0.05, 0) is 52.4 Å². The Balaban J connectivity index is 1.41. The summed E-state index contributed by atoms with van der Waals surface area (Å²) in [4.78, 5) is 1.02. The van der Waals surface area contributed by atoms with Crippen LogP contribution in [-0.4, -0.2) is 10.9 Å². The van der Waals surface area contributed by atoms with E-state index in [9.17, 15) is 9.60 Å². The molecule has 1 N–H and O–H groups in total. The highest BCUT2D eigenvalue weighted by atomic mass is 32.1. The van der Waals surface area contributed by atoms with Gasteiger partial charge in [0.15, 0.2) is 17.2 Å². The van der Waals surface area contributed by atoms with Crippen molar-refractivity contribution in [1.29, 1.82) is 0 Å². The van der Waals surface area contributed by atoms with E-state index in [-0.39, 0.29) is 12.4 Å². The molecule has 0 amide bonds. The van der Waals surface area contributed by atoms with Gasteiger partial charge < -0.3 is 14.7 Å². The van der Waals surface area contributed by atoms with E-state index in [4.69, 9.17) is 9.47 Å². The smallest absolute Gasteiger partial charge is 0.188 e. The van der Waals surface area contributed by atoms with Crippen molar-refractivity contribution in [2.24, 2.45) is 5.16 Å². The van der Waals surface area contributed by atoms with E-state index in [2.05, 4.69) is 5.16 Å². The molecule has 5 rings (SSSR count). The van der Waals surface area contributed by atoms with E-state index in [0.717, 1.165) is 27.1 Å². The van der Waals surface area contributed by atoms with Crippen molar-refractivity contribution in [3.8, 4) is 5.75 Å². The molecular weight excluding hydrogens is 461 g/mol. The molecule has 6 heteroatoms. The first kappa shape index (κ1) is 22.6. The van der Waals surface area contributed by atoms with E-state index in [1.54, 1.807) is 17.4 Å². The molecule has 0 atom stereocenters. The Morgan fingerprint density at radius 3 is 2.46 bits per heavy atom. The first-order chi connectivity index (χ1) is 17.2. The number of ether oxygens (including phenoxy) is 2. The number of benzene rings is 3. The predicted octanol–water partition coefficient (Wildman–Crippen LogP) is 7.32. The minimum absolute atomic E-state index is 0.274. The molecule has 4 aromatic rings. The predicted molar refractivity (Wildman–Crippen MR) is 137 cm³/mol. The SMILES string of the molecule is O/N=C1C(=C\c2cccs2)\OC\1=C(\Cc1ccccc1)c1ccc(OCc2cccc(F)c2)cc1. The number of hydrogen-bond acceptors (Lipinski definition) is 5. The van der Waals surface area contributed by atoms with Crippen molar-refractivity contribution in [1.82, 2.24) is 0 Å². The Bertz CT molecular complexity index is 1390. The fraction of sp³-hybridized carbons (Fsp3) is 0.0690. The minimum Gasteiger partial charge on any atom is -0.489 e.